The maximum Gasteiger partial charge on any atom is 1.00 e. The molecule has 0 unspecified atom stereocenters. The van der Waals surface area contributed by atoms with Crippen LogP contribution in [-0.4, -0.2) is 44.7 Å². The first-order valence-electron chi connectivity index (χ1n) is 7.67. The van der Waals surface area contributed by atoms with E-state index in [9.17, 15) is 0 Å². The number of hydrogen-bond donors (Lipinski definition) is 1. The molecule has 0 aliphatic heterocycles. The van der Waals surface area contributed by atoms with E-state index in [0.717, 1.165) is 6.42 Å². The van der Waals surface area contributed by atoms with Crippen molar-refractivity contribution in [1.82, 2.24) is 0 Å². The molecule has 0 heterocycles. The molecule has 0 bridgehead atoms. The minimum atomic E-state index is -5.39. The first kappa shape index (κ1) is 39.1. The van der Waals surface area contributed by atoms with E-state index in [1.807, 2.05) is 0 Å². The van der Waals surface area contributed by atoms with E-state index < -0.39 is 7.82 Å². The normalized spacial score (nSPS) is 10.0. The van der Waals surface area contributed by atoms with Crippen molar-refractivity contribution in [2.45, 2.75) is 39.0 Å². The van der Waals surface area contributed by atoms with Gasteiger partial charge in [-0.1, -0.05) is 26.2 Å². The van der Waals surface area contributed by atoms with Gasteiger partial charge in [-0.25, -0.2) is 0 Å². The molecule has 12 heteroatoms. The van der Waals surface area contributed by atoms with Gasteiger partial charge in [-0.15, -0.1) is 0 Å². The molecule has 0 aliphatic rings. The summed E-state index contributed by atoms with van der Waals surface area (Å²) >= 11 is 0. The van der Waals surface area contributed by atoms with Crippen LogP contribution in [0.15, 0.2) is 12.3 Å². The van der Waals surface area contributed by atoms with Crippen LogP contribution >= 0.6 is 7.82 Å². The van der Waals surface area contributed by atoms with Gasteiger partial charge in [0, 0.05) is 0 Å². The molecule has 0 amide bonds. The van der Waals surface area contributed by atoms with Crippen molar-refractivity contribution in [1.29, 1.82) is 0 Å². The van der Waals surface area contributed by atoms with Crippen molar-refractivity contribution in [3.05, 3.63) is 12.3 Å². The van der Waals surface area contributed by atoms with Crippen molar-refractivity contribution in [3.63, 3.8) is 0 Å². The smallest absolute Gasteiger partial charge is 0.822 e. The molecule has 26 heavy (non-hydrogen) atoms. The summed E-state index contributed by atoms with van der Waals surface area (Å²) in [6, 6.07) is 0. The number of aliphatic hydroxyl groups excluding tert-OH is 1. The topological polar surface area (TPSA) is 134 Å². The third-order valence-electron chi connectivity index (χ3n) is 2.37. The summed E-state index contributed by atoms with van der Waals surface area (Å²) in [5, 5.41) is 8.46. The number of hydrogen-bond acceptors (Lipinski definition) is 8. The van der Waals surface area contributed by atoms with Crippen LogP contribution in [0.2, 0.25) is 0 Å². The maximum atomic E-state index is 8.55. The largest absolute Gasteiger partial charge is 1.00 e. The molecular weight excluding hydrogens is 396 g/mol. The van der Waals surface area contributed by atoms with Gasteiger partial charge in [-0.05, 0) is 18.9 Å². The molecule has 0 aromatic heterocycles. The average molecular weight is 424 g/mol. The summed E-state index contributed by atoms with van der Waals surface area (Å²) in [5.41, 5.74) is 0. The van der Waals surface area contributed by atoms with Gasteiger partial charge in [0.1, 0.15) is 6.61 Å². The fourth-order valence-corrected chi connectivity index (χ4v) is 1.39. The third kappa shape index (κ3) is 56.3. The van der Waals surface area contributed by atoms with Crippen LogP contribution < -0.4 is 103 Å². The van der Waals surface area contributed by atoms with Crippen LogP contribution in [0, 0.1) is 0 Å². The summed E-state index contributed by atoms with van der Waals surface area (Å²) in [5.74, 6) is 0. The zero-order chi connectivity index (χ0) is 17.8. The van der Waals surface area contributed by atoms with Crippen LogP contribution in [0.1, 0.15) is 39.0 Å². The number of aliphatic hydroxyl groups is 1. The van der Waals surface area contributed by atoms with Crippen molar-refractivity contribution < 1.29 is 127 Å². The number of allylic oxidation sites excluding steroid dienone is 1. The molecule has 0 aliphatic carbocycles. The van der Waals surface area contributed by atoms with Crippen molar-refractivity contribution in [3.8, 4) is 0 Å². The Morgan fingerprint density at radius 1 is 0.885 bits per heavy atom. The Bertz CT molecular complexity index is 298. The van der Waals surface area contributed by atoms with Crippen LogP contribution in [-0.2, 0) is 18.8 Å². The second-order valence-corrected chi connectivity index (χ2v) is 5.38. The third-order valence-corrected chi connectivity index (χ3v) is 2.37. The van der Waals surface area contributed by atoms with Gasteiger partial charge in [0.2, 0.25) is 0 Å². The first-order chi connectivity index (χ1) is 10.9. The van der Waals surface area contributed by atoms with Gasteiger partial charge in [-0.3, -0.25) is 0 Å². The molecule has 0 saturated carbocycles. The van der Waals surface area contributed by atoms with Gasteiger partial charge >= 0.3 is 88.7 Å². The molecule has 8 nitrogen and oxygen atoms in total. The summed E-state index contributed by atoms with van der Waals surface area (Å²) in [4.78, 5) is 25.6. The fourth-order valence-electron chi connectivity index (χ4n) is 1.39. The van der Waals surface area contributed by atoms with Gasteiger partial charge in [0.05, 0.1) is 39.3 Å². The minimum absolute atomic E-state index is 0. The number of phosphoric acid groups is 1. The van der Waals surface area contributed by atoms with Crippen LogP contribution in [0.25, 0.3) is 0 Å². The number of ether oxygens (including phenoxy) is 3. The average Bonchev–Trinajstić information content (AvgIpc) is 2.46. The zero-order valence-corrected chi connectivity index (χ0v) is 23.6. The van der Waals surface area contributed by atoms with Gasteiger partial charge < -0.3 is 38.6 Å². The van der Waals surface area contributed by atoms with Crippen molar-refractivity contribution in [2.24, 2.45) is 0 Å². The molecule has 0 rings (SSSR count). The SMILES string of the molecule is CCCCCCC=COCCOCCOCCO.O=P([O-])([O-])[O-].[Na+].[Na+].[Na+]. The van der Waals surface area contributed by atoms with Crippen LogP contribution in [0.5, 0.6) is 0 Å². The molecule has 0 aromatic carbocycles. The summed E-state index contributed by atoms with van der Waals surface area (Å²) in [6.07, 6.45) is 10.1. The standard InChI is InChI=1S/C14H28O4.3Na.H3O4P/c1-2-3-4-5-6-7-9-16-11-13-18-14-12-17-10-8-15;;;;1-5(2,3)4/h7,9,15H,2-6,8,10-14H2,1H3;;;;(H3,1,2,3,4)/q;3*+1;/p-3. The Hall–Kier alpha value is 2.53. The first-order valence-corrected chi connectivity index (χ1v) is 9.13. The summed E-state index contributed by atoms with van der Waals surface area (Å²) in [7, 11) is -5.39. The van der Waals surface area contributed by atoms with E-state index >= 15 is 0 Å². The van der Waals surface area contributed by atoms with E-state index in [0.29, 0.717) is 33.0 Å². The van der Waals surface area contributed by atoms with E-state index in [1.165, 1.54) is 25.7 Å². The Labute approximate surface area is 223 Å². The molecule has 0 fully saturated rings. The molecule has 0 radical (unpaired) electrons. The molecule has 0 saturated heterocycles. The van der Waals surface area contributed by atoms with Gasteiger partial charge in [-0.2, -0.15) is 7.82 Å². The molecule has 1 N–H and O–H groups in total. The molecule has 140 valence electrons. The fraction of sp³-hybridized carbons (Fsp3) is 0.857. The van der Waals surface area contributed by atoms with Crippen molar-refractivity contribution in [2.75, 3.05) is 39.6 Å². The number of rotatable bonds is 14. The molecule has 0 atom stereocenters. The van der Waals surface area contributed by atoms with Gasteiger partial charge in [0.25, 0.3) is 0 Å². The predicted molar refractivity (Wildman–Crippen MR) is 80.2 cm³/mol. The Morgan fingerprint density at radius 3 is 1.88 bits per heavy atom. The summed E-state index contributed by atoms with van der Waals surface area (Å²) < 4.78 is 24.1. The number of unbranched alkanes of at least 4 members (excludes halogenated alkanes) is 4. The molecule has 0 aromatic rings. The van der Waals surface area contributed by atoms with E-state index in [-0.39, 0.29) is 95.3 Å². The second kappa shape index (κ2) is 32.2. The second-order valence-electron chi connectivity index (χ2n) is 4.49. The summed E-state index contributed by atoms with van der Waals surface area (Å²) in [6.45, 7) is 4.87. The van der Waals surface area contributed by atoms with Crippen LogP contribution in [0.4, 0.5) is 0 Å². The predicted octanol–water partition coefficient (Wildman–Crippen LogP) is -9.30. The van der Waals surface area contributed by atoms with Crippen LogP contribution in [0.3, 0.4) is 0 Å². The molecular formula is C14H28Na3O8P. The Kier molecular flexibility index (Phi) is 48.4. The molecule has 0 spiro atoms. The monoisotopic (exact) mass is 424 g/mol. The zero-order valence-electron chi connectivity index (χ0n) is 16.7. The minimum Gasteiger partial charge on any atom is -0.822 e. The van der Waals surface area contributed by atoms with E-state index in [2.05, 4.69) is 13.0 Å². The van der Waals surface area contributed by atoms with Crippen molar-refractivity contribution >= 4 is 7.82 Å². The Morgan fingerprint density at radius 2 is 1.38 bits per heavy atom. The Balaban J connectivity index is -0.000000162. The van der Waals surface area contributed by atoms with Gasteiger partial charge in [0.15, 0.2) is 0 Å². The maximum absolute atomic E-state index is 8.55. The van der Waals surface area contributed by atoms with E-state index in [4.69, 9.17) is 38.6 Å². The quantitative estimate of drug-likeness (QED) is 0.126. The van der Waals surface area contributed by atoms with E-state index in [1.54, 1.807) is 6.26 Å².